The molecular formula is C25H28N6O3S. The predicted molar refractivity (Wildman–Crippen MR) is 138 cm³/mol. The van der Waals surface area contributed by atoms with Crippen molar-refractivity contribution in [3.63, 3.8) is 0 Å². The summed E-state index contributed by atoms with van der Waals surface area (Å²) in [6.07, 6.45) is 0.821. The van der Waals surface area contributed by atoms with E-state index in [1.54, 1.807) is 21.1 Å². The number of nitrogens with zero attached hydrogens (tertiary/aromatic N) is 4. The Labute approximate surface area is 206 Å². The lowest BCUT2D eigenvalue weighted by atomic mass is 10.1. The molecule has 4 rings (SSSR count). The van der Waals surface area contributed by atoms with E-state index in [9.17, 15) is 14.4 Å². The predicted octanol–water partition coefficient (Wildman–Crippen LogP) is 4.15. The maximum atomic E-state index is 13.1. The van der Waals surface area contributed by atoms with Crippen LogP contribution in [0.4, 0.5) is 10.5 Å². The van der Waals surface area contributed by atoms with Gasteiger partial charge in [0, 0.05) is 12.2 Å². The fourth-order valence-corrected chi connectivity index (χ4v) is 4.43. The summed E-state index contributed by atoms with van der Waals surface area (Å²) in [6.45, 7) is 8.66. The number of fused-ring (bicyclic) bond motifs is 3. The smallest absolute Gasteiger partial charge is 0.308 e. The van der Waals surface area contributed by atoms with Crippen molar-refractivity contribution in [2.75, 3.05) is 11.1 Å². The number of benzene rings is 2. The van der Waals surface area contributed by atoms with Crippen molar-refractivity contribution in [2.45, 2.75) is 45.8 Å². The molecule has 0 unspecified atom stereocenters. The second-order valence-electron chi connectivity index (χ2n) is 8.86. The molecule has 0 aliphatic heterocycles. The standard InChI is InChI=1S/C25H28N6O3S/c1-15(2)11-12-30-22(33)19-7-5-6-8-20(19)31-24(30)28-29-25(31)35-14-21(32)27-23(34)26-18-10-9-16(3)17(4)13-18/h5-10,13,15H,11-12,14H2,1-4H3,(H2,26,27,32,34). The van der Waals surface area contributed by atoms with Gasteiger partial charge < -0.3 is 5.32 Å². The third-order valence-corrected chi connectivity index (χ3v) is 6.69. The average molecular weight is 493 g/mol. The van der Waals surface area contributed by atoms with Gasteiger partial charge in [-0.1, -0.05) is 43.8 Å². The van der Waals surface area contributed by atoms with Crippen molar-refractivity contribution in [3.8, 4) is 0 Å². The summed E-state index contributed by atoms with van der Waals surface area (Å²) < 4.78 is 3.43. The molecule has 0 saturated heterocycles. The second kappa shape index (κ2) is 10.3. The Kier molecular flexibility index (Phi) is 7.20. The molecule has 0 bridgehead atoms. The van der Waals surface area contributed by atoms with E-state index in [2.05, 4.69) is 34.7 Å². The van der Waals surface area contributed by atoms with E-state index in [4.69, 9.17) is 0 Å². The van der Waals surface area contributed by atoms with E-state index in [0.29, 0.717) is 40.0 Å². The second-order valence-corrected chi connectivity index (χ2v) is 9.81. The van der Waals surface area contributed by atoms with Crippen LogP contribution >= 0.6 is 11.8 Å². The fourth-order valence-electron chi connectivity index (χ4n) is 3.69. The topological polar surface area (TPSA) is 110 Å². The van der Waals surface area contributed by atoms with E-state index in [1.807, 2.05) is 44.2 Å². The number of carbonyl (C=O) groups is 2. The molecule has 0 radical (unpaired) electrons. The lowest BCUT2D eigenvalue weighted by Crippen LogP contribution is -2.35. The summed E-state index contributed by atoms with van der Waals surface area (Å²) in [5.41, 5.74) is 3.33. The monoisotopic (exact) mass is 492 g/mol. The number of aryl methyl sites for hydroxylation is 3. The van der Waals surface area contributed by atoms with Gasteiger partial charge in [-0.15, -0.1) is 10.2 Å². The molecule has 10 heteroatoms. The van der Waals surface area contributed by atoms with Crippen LogP contribution in [-0.2, 0) is 11.3 Å². The minimum Gasteiger partial charge on any atom is -0.308 e. The SMILES string of the molecule is Cc1ccc(NC(=O)NC(=O)CSc2nnc3n(CCC(C)C)c(=O)c4ccccc4n23)cc1C. The number of para-hydroxylation sites is 1. The summed E-state index contributed by atoms with van der Waals surface area (Å²) in [4.78, 5) is 37.8. The van der Waals surface area contributed by atoms with Crippen LogP contribution in [0.2, 0.25) is 0 Å². The van der Waals surface area contributed by atoms with E-state index >= 15 is 0 Å². The van der Waals surface area contributed by atoms with Gasteiger partial charge in [-0.2, -0.15) is 0 Å². The molecule has 0 aliphatic rings. The maximum Gasteiger partial charge on any atom is 0.325 e. The Balaban J connectivity index is 1.52. The molecule has 0 aliphatic carbocycles. The maximum absolute atomic E-state index is 13.1. The molecular weight excluding hydrogens is 464 g/mol. The summed E-state index contributed by atoms with van der Waals surface area (Å²) in [5, 5.41) is 14.6. The van der Waals surface area contributed by atoms with Crippen LogP contribution in [0.25, 0.3) is 16.7 Å². The van der Waals surface area contributed by atoms with Gasteiger partial charge in [0.2, 0.25) is 11.7 Å². The van der Waals surface area contributed by atoms with Crippen LogP contribution in [-0.4, -0.2) is 36.9 Å². The van der Waals surface area contributed by atoms with Crippen molar-refractivity contribution in [2.24, 2.45) is 5.92 Å². The normalized spacial score (nSPS) is 11.3. The van der Waals surface area contributed by atoms with Crippen LogP contribution in [0.15, 0.2) is 52.4 Å². The quantitative estimate of drug-likeness (QED) is 0.375. The van der Waals surface area contributed by atoms with Crippen LogP contribution in [0.3, 0.4) is 0 Å². The first-order chi connectivity index (χ1) is 16.7. The fraction of sp³-hybridized carbons (Fsp3) is 0.320. The molecule has 2 heterocycles. The molecule has 3 amide bonds. The van der Waals surface area contributed by atoms with E-state index in [0.717, 1.165) is 29.3 Å². The lowest BCUT2D eigenvalue weighted by molar-refractivity contribution is -0.117. The van der Waals surface area contributed by atoms with Crippen LogP contribution < -0.4 is 16.2 Å². The molecule has 0 fully saturated rings. The number of rotatable bonds is 7. The number of hydrogen-bond acceptors (Lipinski definition) is 6. The molecule has 9 nitrogen and oxygen atoms in total. The minimum absolute atomic E-state index is 0.0411. The Bertz CT molecular complexity index is 1470. The molecule has 2 aromatic heterocycles. The number of anilines is 1. The first-order valence-electron chi connectivity index (χ1n) is 11.4. The van der Waals surface area contributed by atoms with Gasteiger partial charge in [-0.3, -0.25) is 23.9 Å². The molecule has 2 aromatic carbocycles. The zero-order valence-corrected chi connectivity index (χ0v) is 21.0. The third-order valence-electron chi connectivity index (χ3n) is 5.76. The van der Waals surface area contributed by atoms with E-state index < -0.39 is 11.9 Å². The summed E-state index contributed by atoms with van der Waals surface area (Å²) in [6, 6.07) is 12.2. The van der Waals surface area contributed by atoms with Gasteiger partial charge in [-0.05, 0) is 61.6 Å². The number of thioether (sulfide) groups is 1. The highest BCUT2D eigenvalue weighted by molar-refractivity contribution is 7.99. The van der Waals surface area contributed by atoms with Gasteiger partial charge in [-0.25, -0.2) is 4.79 Å². The highest BCUT2D eigenvalue weighted by Crippen LogP contribution is 2.22. The Morgan fingerprint density at radius 3 is 2.57 bits per heavy atom. The van der Waals surface area contributed by atoms with E-state index in [-0.39, 0.29) is 11.3 Å². The summed E-state index contributed by atoms with van der Waals surface area (Å²) >= 11 is 1.15. The Hall–Kier alpha value is -3.66. The average Bonchev–Trinajstić information content (AvgIpc) is 3.24. The van der Waals surface area contributed by atoms with Crippen LogP contribution in [0.1, 0.15) is 31.4 Å². The summed E-state index contributed by atoms with van der Waals surface area (Å²) in [7, 11) is 0. The van der Waals surface area contributed by atoms with Crippen molar-refractivity contribution >= 4 is 46.1 Å². The first-order valence-corrected chi connectivity index (χ1v) is 12.4. The molecule has 182 valence electrons. The van der Waals surface area contributed by atoms with E-state index in [1.165, 1.54) is 0 Å². The zero-order valence-electron chi connectivity index (χ0n) is 20.2. The number of nitrogens with one attached hydrogen (secondary N) is 2. The first kappa shape index (κ1) is 24.5. The number of amides is 3. The highest BCUT2D eigenvalue weighted by Gasteiger charge is 2.18. The van der Waals surface area contributed by atoms with Gasteiger partial charge in [0.25, 0.3) is 5.56 Å². The van der Waals surface area contributed by atoms with Crippen molar-refractivity contribution < 1.29 is 9.59 Å². The zero-order chi connectivity index (χ0) is 25.1. The Morgan fingerprint density at radius 2 is 1.83 bits per heavy atom. The highest BCUT2D eigenvalue weighted by atomic mass is 32.2. The molecule has 2 N–H and O–H groups in total. The molecule has 35 heavy (non-hydrogen) atoms. The molecule has 0 atom stereocenters. The molecule has 0 saturated carbocycles. The summed E-state index contributed by atoms with van der Waals surface area (Å²) in [5.74, 6) is 0.347. The largest absolute Gasteiger partial charge is 0.325 e. The van der Waals surface area contributed by atoms with Crippen molar-refractivity contribution in [3.05, 3.63) is 63.9 Å². The third kappa shape index (κ3) is 5.37. The van der Waals surface area contributed by atoms with Gasteiger partial charge in [0.05, 0.1) is 16.7 Å². The molecule has 0 spiro atoms. The van der Waals surface area contributed by atoms with Crippen molar-refractivity contribution in [1.29, 1.82) is 0 Å². The van der Waals surface area contributed by atoms with Crippen LogP contribution in [0.5, 0.6) is 0 Å². The number of hydrogen-bond donors (Lipinski definition) is 2. The Morgan fingerprint density at radius 1 is 1.06 bits per heavy atom. The number of aromatic nitrogens is 4. The van der Waals surface area contributed by atoms with Gasteiger partial charge in [0.15, 0.2) is 5.16 Å². The van der Waals surface area contributed by atoms with Gasteiger partial charge in [0.1, 0.15) is 0 Å². The van der Waals surface area contributed by atoms with Crippen LogP contribution in [0, 0.1) is 19.8 Å². The number of urea groups is 1. The number of carbonyl (C=O) groups excluding carboxylic acids is 2. The minimum atomic E-state index is -0.599. The van der Waals surface area contributed by atoms with Gasteiger partial charge >= 0.3 is 6.03 Å². The van der Waals surface area contributed by atoms with Crippen molar-refractivity contribution in [1.82, 2.24) is 24.5 Å². The number of imide groups is 1. The lowest BCUT2D eigenvalue weighted by Gasteiger charge is -2.12. The molecule has 4 aromatic rings.